The van der Waals surface area contributed by atoms with Crippen LogP contribution in [0, 0.1) is 6.92 Å². The van der Waals surface area contributed by atoms with Crippen molar-refractivity contribution in [2.75, 3.05) is 45.9 Å². The van der Waals surface area contributed by atoms with Gasteiger partial charge in [-0.15, -0.1) is 0 Å². The average Bonchev–Trinajstić information content (AvgIpc) is 2.80. The Morgan fingerprint density at radius 1 is 1.13 bits per heavy atom. The van der Waals surface area contributed by atoms with E-state index in [1.807, 2.05) is 13.0 Å². The normalized spacial score (nSPS) is 18.2. The van der Waals surface area contributed by atoms with Crippen LogP contribution in [-0.2, 0) is 11.3 Å². The van der Waals surface area contributed by atoms with Crippen molar-refractivity contribution in [2.24, 2.45) is 0 Å². The van der Waals surface area contributed by atoms with E-state index in [1.165, 1.54) is 0 Å². The second-order valence-electron chi connectivity index (χ2n) is 7.97. The van der Waals surface area contributed by atoms with Crippen LogP contribution in [0.1, 0.15) is 28.8 Å². The van der Waals surface area contributed by atoms with Gasteiger partial charge in [-0.05, 0) is 24.6 Å². The van der Waals surface area contributed by atoms with Crippen LogP contribution in [0.3, 0.4) is 0 Å². The number of morpholine rings is 1. The largest absolute Gasteiger partial charge is 0.460 e. The summed E-state index contributed by atoms with van der Waals surface area (Å²) in [6.07, 6.45) is 6.40. The summed E-state index contributed by atoms with van der Waals surface area (Å²) >= 11 is 0. The Bertz CT molecular complexity index is 935. The molecule has 1 amide bonds. The molecule has 31 heavy (non-hydrogen) atoms. The number of likely N-dealkylation sites (tertiary alicyclic amines) is 1. The first-order valence-corrected chi connectivity index (χ1v) is 10.8. The van der Waals surface area contributed by atoms with E-state index >= 15 is 0 Å². The van der Waals surface area contributed by atoms with Gasteiger partial charge < -0.3 is 18.9 Å². The van der Waals surface area contributed by atoms with Gasteiger partial charge in [-0.1, -0.05) is 0 Å². The molecule has 0 unspecified atom stereocenters. The molecule has 0 saturated carbocycles. The van der Waals surface area contributed by atoms with Crippen LogP contribution in [-0.4, -0.2) is 82.3 Å². The molecule has 4 rings (SSSR count). The molecule has 4 heterocycles. The fraction of sp³-hybridized carbons (Fsp3) is 0.545. The van der Waals surface area contributed by atoms with E-state index in [9.17, 15) is 9.59 Å². The molecular weight excluding hydrogens is 398 g/mol. The minimum atomic E-state index is -0.214. The zero-order chi connectivity index (χ0) is 21.6. The molecule has 0 spiro atoms. The SMILES string of the molecule is Cc1ccn(CCN2CCOCC2)c(=O)c1C(=O)N1CCC(Oc2ncccn2)CC1. The first-order chi connectivity index (χ1) is 15.1. The molecule has 2 aliphatic heterocycles. The third kappa shape index (κ3) is 5.29. The predicted octanol–water partition coefficient (Wildman–Crippen LogP) is 0.963. The van der Waals surface area contributed by atoms with Gasteiger partial charge in [0.1, 0.15) is 11.7 Å². The lowest BCUT2D eigenvalue weighted by atomic mass is 10.0. The van der Waals surface area contributed by atoms with E-state index in [0.717, 1.165) is 32.8 Å². The van der Waals surface area contributed by atoms with Crippen molar-refractivity contribution in [3.63, 3.8) is 0 Å². The summed E-state index contributed by atoms with van der Waals surface area (Å²) in [6, 6.07) is 3.95. The number of aromatic nitrogens is 3. The Kier molecular flexibility index (Phi) is 6.93. The third-order valence-electron chi connectivity index (χ3n) is 5.89. The fourth-order valence-corrected chi connectivity index (χ4v) is 4.01. The summed E-state index contributed by atoms with van der Waals surface area (Å²) in [5.74, 6) is -0.197. The second kappa shape index (κ2) is 10.0. The van der Waals surface area contributed by atoms with E-state index in [1.54, 1.807) is 34.1 Å². The number of rotatable bonds is 6. The van der Waals surface area contributed by atoms with Gasteiger partial charge in [0.05, 0.1) is 13.2 Å². The summed E-state index contributed by atoms with van der Waals surface area (Å²) in [6.45, 7) is 7.43. The van der Waals surface area contributed by atoms with Crippen LogP contribution in [0.5, 0.6) is 6.01 Å². The molecule has 0 aromatic carbocycles. The number of amides is 1. The molecule has 166 valence electrons. The molecule has 2 fully saturated rings. The maximum atomic E-state index is 13.2. The first-order valence-electron chi connectivity index (χ1n) is 10.8. The van der Waals surface area contributed by atoms with Gasteiger partial charge in [0.2, 0.25) is 0 Å². The number of hydrogen-bond acceptors (Lipinski definition) is 7. The van der Waals surface area contributed by atoms with Crippen molar-refractivity contribution >= 4 is 5.91 Å². The van der Waals surface area contributed by atoms with Crippen molar-refractivity contribution in [2.45, 2.75) is 32.4 Å². The summed E-state index contributed by atoms with van der Waals surface area (Å²) in [5.41, 5.74) is 0.776. The molecule has 2 aromatic rings. The van der Waals surface area contributed by atoms with Gasteiger partial charge in [0.15, 0.2) is 0 Å². The number of pyridine rings is 1. The molecule has 9 heteroatoms. The lowest BCUT2D eigenvalue weighted by Gasteiger charge is -2.32. The monoisotopic (exact) mass is 427 g/mol. The van der Waals surface area contributed by atoms with Crippen LogP contribution in [0.25, 0.3) is 0 Å². The summed E-state index contributed by atoms with van der Waals surface area (Å²) < 4.78 is 12.8. The molecule has 0 atom stereocenters. The number of carbonyl (C=O) groups is 1. The van der Waals surface area contributed by atoms with E-state index < -0.39 is 0 Å². The molecular formula is C22H29N5O4. The molecule has 0 bridgehead atoms. The van der Waals surface area contributed by atoms with Gasteiger partial charge >= 0.3 is 6.01 Å². The maximum Gasteiger partial charge on any atom is 0.316 e. The highest BCUT2D eigenvalue weighted by Crippen LogP contribution is 2.18. The molecule has 2 saturated heterocycles. The highest BCUT2D eigenvalue weighted by Gasteiger charge is 2.28. The van der Waals surface area contributed by atoms with Gasteiger partial charge in [-0.2, -0.15) is 0 Å². The highest BCUT2D eigenvalue weighted by molar-refractivity contribution is 5.95. The van der Waals surface area contributed by atoms with Crippen molar-refractivity contribution in [1.29, 1.82) is 0 Å². The summed E-state index contributed by atoms with van der Waals surface area (Å²) in [7, 11) is 0. The smallest absolute Gasteiger partial charge is 0.316 e. The van der Waals surface area contributed by atoms with Gasteiger partial charge in [0, 0.05) is 70.7 Å². The molecule has 9 nitrogen and oxygen atoms in total. The van der Waals surface area contributed by atoms with Crippen molar-refractivity contribution in [3.8, 4) is 6.01 Å². The Morgan fingerprint density at radius 2 is 1.84 bits per heavy atom. The number of hydrogen-bond donors (Lipinski definition) is 0. The van der Waals surface area contributed by atoms with Gasteiger partial charge in [-0.25, -0.2) is 9.97 Å². The number of nitrogens with zero attached hydrogens (tertiary/aromatic N) is 5. The highest BCUT2D eigenvalue weighted by atomic mass is 16.5. The predicted molar refractivity (Wildman–Crippen MR) is 114 cm³/mol. The number of ether oxygens (including phenoxy) is 2. The third-order valence-corrected chi connectivity index (χ3v) is 5.89. The van der Waals surface area contributed by atoms with E-state index in [4.69, 9.17) is 9.47 Å². The topological polar surface area (TPSA) is 89.8 Å². The van der Waals surface area contributed by atoms with Crippen molar-refractivity contribution in [3.05, 3.63) is 52.2 Å². The van der Waals surface area contributed by atoms with E-state index in [2.05, 4.69) is 14.9 Å². The number of carbonyl (C=O) groups excluding carboxylic acids is 1. The molecule has 0 radical (unpaired) electrons. The van der Waals surface area contributed by atoms with Crippen molar-refractivity contribution < 1.29 is 14.3 Å². The minimum Gasteiger partial charge on any atom is -0.460 e. The average molecular weight is 428 g/mol. The molecule has 0 aliphatic carbocycles. The lowest BCUT2D eigenvalue weighted by molar-refractivity contribution is 0.0362. The Hall–Kier alpha value is -2.78. The van der Waals surface area contributed by atoms with Crippen LogP contribution in [0.4, 0.5) is 0 Å². The van der Waals surface area contributed by atoms with Crippen LogP contribution < -0.4 is 10.3 Å². The fourth-order valence-electron chi connectivity index (χ4n) is 4.01. The Morgan fingerprint density at radius 3 is 2.55 bits per heavy atom. The van der Waals surface area contributed by atoms with E-state index in [0.29, 0.717) is 44.0 Å². The second-order valence-corrected chi connectivity index (χ2v) is 7.97. The zero-order valence-corrected chi connectivity index (χ0v) is 17.9. The van der Waals surface area contributed by atoms with E-state index in [-0.39, 0.29) is 23.1 Å². The van der Waals surface area contributed by atoms with Crippen LogP contribution in [0.15, 0.2) is 35.5 Å². The van der Waals surface area contributed by atoms with Crippen LogP contribution >= 0.6 is 0 Å². The molecule has 2 aromatic heterocycles. The first kappa shape index (κ1) is 21.5. The van der Waals surface area contributed by atoms with Crippen molar-refractivity contribution in [1.82, 2.24) is 24.3 Å². The zero-order valence-electron chi connectivity index (χ0n) is 17.9. The minimum absolute atomic E-state index is 0.0338. The standard InChI is InChI=1S/C22H29N5O4/c1-17-3-8-27(12-11-25-13-15-30-16-14-25)21(29)19(17)20(28)26-9-4-18(5-10-26)31-22-23-6-2-7-24-22/h2-3,6-8,18H,4-5,9-16H2,1H3. The number of piperidine rings is 1. The lowest BCUT2D eigenvalue weighted by Crippen LogP contribution is -2.45. The summed E-state index contributed by atoms with van der Waals surface area (Å²) in [4.78, 5) is 38.5. The van der Waals surface area contributed by atoms with Gasteiger partial charge in [0.25, 0.3) is 11.5 Å². The summed E-state index contributed by atoms with van der Waals surface area (Å²) in [5, 5.41) is 0. The Labute approximate surface area is 181 Å². The van der Waals surface area contributed by atoms with Crippen LogP contribution in [0.2, 0.25) is 0 Å². The number of aryl methyl sites for hydroxylation is 1. The maximum absolute atomic E-state index is 13.2. The van der Waals surface area contributed by atoms with Gasteiger partial charge in [-0.3, -0.25) is 14.5 Å². The molecule has 0 N–H and O–H groups in total. The molecule has 2 aliphatic rings. The Balaban J connectivity index is 1.38. The quantitative estimate of drug-likeness (QED) is 0.678.